The molecule has 0 aromatic carbocycles. The molecule has 0 unspecified atom stereocenters. The Labute approximate surface area is 136 Å². The van der Waals surface area contributed by atoms with Gasteiger partial charge in [0.15, 0.2) is 0 Å². The third-order valence-corrected chi connectivity index (χ3v) is 4.78. The van der Waals surface area contributed by atoms with E-state index in [2.05, 4.69) is 0 Å². The molecule has 0 aromatic rings. The van der Waals surface area contributed by atoms with E-state index in [0.29, 0.717) is 8.43 Å². The first kappa shape index (κ1) is 19.6. The maximum atomic E-state index is 11.8. The van der Waals surface area contributed by atoms with E-state index in [1.54, 1.807) is 0 Å². The van der Waals surface area contributed by atoms with Crippen molar-refractivity contribution in [3.8, 4) is 0 Å². The van der Waals surface area contributed by atoms with E-state index in [-0.39, 0.29) is 59.4 Å². The Hall–Kier alpha value is 1.25. The smallest absolute Gasteiger partial charge is 1.00 e. The topological polar surface area (TPSA) is 83.6 Å². The average Bonchev–Trinajstić information content (AvgIpc) is 1.98. The van der Waals surface area contributed by atoms with Crippen LogP contribution in [0.5, 0.6) is 0 Å². The molecule has 0 spiro atoms. The van der Waals surface area contributed by atoms with Gasteiger partial charge in [-0.25, -0.2) is 8.42 Å². The molecule has 0 atom stereocenters. The van der Waals surface area contributed by atoms with Crippen LogP contribution >= 0.6 is 0 Å². The summed E-state index contributed by atoms with van der Waals surface area (Å²) in [5.74, 6) is 0. The molecular formula is C4H10F3KN2O4S2. The number of hydrogen-bond donors (Lipinski definition) is 1. The second-order valence-electron chi connectivity index (χ2n) is 2.45. The van der Waals surface area contributed by atoms with Crippen molar-refractivity contribution < 1.29 is 82.8 Å². The fourth-order valence-electron chi connectivity index (χ4n) is 0.419. The van der Waals surface area contributed by atoms with Crippen LogP contribution in [0.2, 0.25) is 0 Å². The third kappa shape index (κ3) is 5.26. The van der Waals surface area contributed by atoms with Crippen LogP contribution in [0, 0.1) is 0 Å². The average molecular weight is 310 g/mol. The van der Waals surface area contributed by atoms with E-state index in [1.165, 1.54) is 6.92 Å². The van der Waals surface area contributed by atoms with Gasteiger partial charge >= 0.3 is 66.9 Å². The van der Waals surface area contributed by atoms with Gasteiger partial charge in [0, 0.05) is 13.6 Å². The van der Waals surface area contributed by atoms with Gasteiger partial charge in [-0.3, -0.25) is 0 Å². The molecule has 0 amide bonds. The van der Waals surface area contributed by atoms with Crippen LogP contribution in [0.4, 0.5) is 13.2 Å². The van der Waals surface area contributed by atoms with Crippen LogP contribution in [0.1, 0.15) is 8.35 Å². The Kier molecular flexibility index (Phi) is 7.86. The van der Waals surface area contributed by atoms with Crippen molar-refractivity contribution in [2.24, 2.45) is 0 Å². The van der Waals surface area contributed by atoms with E-state index in [1.807, 2.05) is 0 Å². The molecule has 0 heterocycles. The van der Waals surface area contributed by atoms with Gasteiger partial charge in [0.25, 0.3) is 10.2 Å². The fourth-order valence-corrected chi connectivity index (χ4v) is 2.76. The summed E-state index contributed by atoms with van der Waals surface area (Å²) in [5, 5.41) is 0. The van der Waals surface area contributed by atoms with E-state index >= 15 is 0 Å². The number of sulfonamides is 1. The molecule has 0 radical (unpaired) electrons. The van der Waals surface area contributed by atoms with Crippen molar-refractivity contribution in [2.45, 2.75) is 12.4 Å². The fraction of sp³-hybridized carbons (Fsp3) is 1.00. The van der Waals surface area contributed by atoms with Crippen LogP contribution in [0.25, 0.3) is 0 Å². The summed E-state index contributed by atoms with van der Waals surface area (Å²) in [7, 11) is -9.63. The monoisotopic (exact) mass is 310 g/mol. The molecule has 0 aliphatic carbocycles. The summed E-state index contributed by atoms with van der Waals surface area (Å²) < 4.78 is 79.2. The van der Waals surface area contributed by atoms with Crippen LogP contribution in [-0.4, -0.2) is 40.2 Å². The Morgan fingerprint density at radius 2 is 1.62 bits per heavy atom. The van der Waals surface area contributed by atoms with Gasteiger partial charge in [0.2, 0.25) is 0 Å². The van der Waals surface area contributed by atoms with Gasteiger partial charge in [-0.15, -0.1) is 0 Å². The number of rotatable bonds is 4. The summed E-state index contributed by atoms with van der Waals surface area (Å²) in [6.45, 7) is 1.17. The Morgan fingerprint density at radius 1 is 1.25 bits per heavy atom. The first-order valence-electron chi connectivity index (χ1n) is 3.50. The summed E-state index contributed by atoms with van der Waals surface area (Å²) in [6.07, 6.45) is 0. The van der Waals surface area contributed by atoms with E-state index in [9.17, 15) is 30.0 Å². The summed E-state index contributed by atoms with van der Waals surface area (Å²) >= 11 is 0. The van der Waals surface area contributed by atoms with Gasteiger partial charge in [0.1, 0.15) is 0 Å². The van der Waals surface area contributed by atoms with Gasteiger partial charge in [0.05, 0.1) is 0 Å². The van der Waals surface area contributed by atoms with Gasteiger partial charge in [-0.05, 0) is 0 Å². The molecular weight excluding hydrogens is 300 g/mol. The first-order chi connectivity index (χ1) is 6.44. The second kappa shape index (κ2) is 6.42. The molecule has 1 N–H and O–H groups in total. The summed E-state index contributed by atoms with van der Waals surface area (Å²) in [6, 6.07) is 0. The molecule has 0 rings (SSSR count). The molecule has 0 aromatic heterocycles. The molecule has 0 bridgehead atoms. The number of halogens is 3. The van der Waals surface area contributed by atoms with Crippen molar-refractivity contribution in [1.82, 2.24) is 8.43 Å². The zero-order valence-electron chi connectivity index (χ0n) is 9.74. The van der Waals surface area contributed by atoms with Crippen LogP contribution < -0.4 is 55.5 Å². The number of nitrogens with zero attached hydrogens (tertiary/aromatic N) is 1. The maximum absolute atomic E-state index is 11.8. The summed E-state index contributed by atoms with van der Waals surface area (Å²) in [5.41, 5.74) is -5.66. The van der Waals surface area contributed by atoms with Crippen molar-refractivity contribution in [3.05, 3.63) is 0 Å². The van der Waals surface area contributed by atoms with Gasteiger partial charge < -0.3 is 1.43 Å². The third-order valence-electron chi connectivity index (χ3n) is 1.38. The first-order valence-corrected chi connectivity index (χ1v) is 6.42. The number of nitrogens with one attached hydrogen (secondary N) is 1. The van der Waals surface area contributed by atoms with E-state index in [4.69, 9.17) is 0 Å². The molecule has 6 nitrogen and oxygen atoms in total. The Morgan fingerprint density at radius 3 is 1.88 bits per heavy atom. The van der Waals surface area contributed by atoms with Gasteiger partial charge in [-0.1, -0.05) is 11.1 Å². The molecule has 16 heavy (non-hydrogen) atoms. The molecule has 12 heteroatoms. The predicted molar refractivity (Wildman–Crippen MR) is 46.4 cm³/mol. The van der Waals surface area contributed by atoms with Crippen molar-refractivity contribution in [3.63, 3.8) is 0 Å². The van der Waals surface area contributed by atoms with Crippen LogP contribution in [0.15, 0.2) is 0 Å². The van der Waals surface area contributed by atoms with E-state index in [0.717, 1.165) is 7.05 Å². The van der Waals surface area contributed by atoms with Crippen LogP contribution in [0.3, 0.4) is 0 Å². The number of hydrogen-bond acceptors (Lipinski definition) is 4. The van der Waals surface area contributed by atoms with Gasteiger partial charge in [-0.2, -0.15) is 25.9 Å². The minimum atomic E-state index is -5.89. The maximum Gasteiger partial charge on any atom is 1.00 e. The predicted octanol–water partition coefficient (Wildman–Crippen LogP) is -3.26. The molecule has 0 saturated carbocycles. The SMILES string of the molecule is CCN(C)S(=O)(=O)NS(=O)(=O)C(F)(F)F.[H-].[K+]. The largest absolute Gasteiger partial charge is 1.00 e. The standard InChI is InChI=1S/C4H9F3N2O4S2.K.H/c1-3-9(2)15(12,13)8-14(10,11)4(5,6)7;;/h8H,3H2,1-2H3;;/q;+1;-1. The quantitative estimate of drug-likeness (QED) is 0.553. The molecule has 94 valence electrons. The van der Waals surface area contributed by atoms with E-state index < -0.39 is 25.7 Å². The molecule has 0 fully saturated rings. The Bertz CT molecular complexity index is 423. The molecule has 0 saturated heterocycles. The zero-order valence-corrected chi connectivity index (χ0v) is 13.5. The Balaban J connectivity index is -0.000000980. The zero-order chi connectivity index (χ0) is 12.5. The summed E-state index contributed by atoms with van der Waals surface area (Å²) in [4.78, 5) is 0. The normalized spacial score (nSPS) is 13.6. The van der Waals surface area contributed by atoms with Crippen molar-refractivity contribution in [2.75, 3.05) is 13.6 Å². The minimum absolute atomic E-state index is 0. The minimum Gasteiger partial charge on any atom is -1.00 e. The van der Waals surface area contributed by atoms with Crippen molar-refractivity contribution in [1.29, 1.82) is 0 Å². The molecule has 0 aliphatic heterocycles. The number of alkyl halides is 3. The van der Waals surface area contributed by atoms with Crippen LogP contribution in [-0.2, 0) is 20.2 Å². The molecule has 0 aliphatic rings. The second-order valence-corrected chi connectivity index (χ2v) is 6.16. The van der Waals surface area contributed by atoms with Crippen molar-refractivity contribution >= 4 is 20.2 Å².